The number of hydrogen-bond donors (Lipinski definition) is 1. The van der Waals surface area contributed by atoms with Gasteiger partial charge in [-0.2, -0.15) is 14.3 Å². The Labute approximate surface area is 101 Å². The summed E-state index contributed by atoms with van der Waals surface area (Å²) in [5.41, 5.74) is 3.25. The zero-order valence-electron chi connectivity index (χ0n) is 8.67. The fraction of sp³-hybridized carbons (Fsp3) is 0.400. The summed E-state index contributed by atoms with van der Waals surface area (Å²) in [6, 6.07) is 4.82. The number of halogens is 3. The Balaban J connectivity index is 2.73. The number of alkyl halides is 2. The highest BCUT2D eigenvalue weighted by molar-refractivity contribution is 9.10. The van der Waals surface area contributed by atoms with Gasteiger partial charge in [0, 0.05) is 16.6 Å². The molecule has 90 valence electrons. The van der Waals surface area contributed by atoms with Gasteiger partial charge in [-0.3, -0.25) is 0 Å². The third kappa shape index (κ3) is 4.42. The Bertz CT molecular complexity index is 337. The predicted octanol–water partition coefficient (Wildman–Crippen LogP) is 3.09. The molecule has 0 bridgehead atoms. The molecule has 1 aromatic carbocycles. The molecule has 0 aliphatic heterocycles. The maximum Gasteiger partial charge on any atom is 0.387 e. The van der Waals surface area contributed by atoms with Crippen LogP contribution in [0, 0.1) is 0 Å². The van der Waals surface area contributed by atoms with Crippen molar-refractivity contribution in [2.24, 2.45) is 0 Å². The summed E-state index contributed by atoms with van der Waals surface area (Å²) in [4.78, 5) is 4.93. The van der Waals surface area contributed by atoms with Gasteiger partial charge in [0.05, 0.1) is 6.61 Å². The van der Waals surface area contributed by atoms with Gasteiger partial charge >= 0.3 is 6.61 Å². The van der Waals surface area contributed by atoms with Crippen LogP contribution >= 0.6 is 15.9 Å². The Morgan fingerprint density at radius 3 is 2.81 bits per heavy atom. The molecule has 0 aliphatic rings. The van der Waals surface area contributed by atoms with E-state index in [0.29, 0.717) is 18.7 Å². The van der Waals surface area contributed by atoms with E-state index < -0.39 is 6.61 Å². The van der Waals surface area contributed by atoms with Crippen LogP contribution in [0.3, 0.4) is 0 Å². The number of rotatable bonds is 6. The third-order valence-corrected chi connectivity index (χ3v) is 2.24. The van der Waals surface area contributed by atoms with Crippen LogP contribution in [0.5, 0.6) is 5.75 Å². The molecule has 1 N–H and O–H groups in total. The van der Waals surface area contributed by atoms with Crippen molar-refractivity contribution in [1.82, 2.24) is 5.48 Å². The maximum atomic E-state index is 12.1. The average Bonchev–Trinajstić information content (AvgIpc) is 2.22. The highest BCUT2D eigenvalue weighted by Crippen LogP contribution is 2.24. The molecule has 0 unspecified atom stereocenters. The van der Waals surface area contributed by atoms with Gasteiger partial charge in [0.15, 0.2) is 0 Å². The molecule has 0 atom stereocenters. The van der Waals surface area contributed by atoms with Crippen LogP contribution in [0.4, 0.5) is 8.78 Å². The fourth-order valence-electron chi connectivity index (χ4n) is 1.13. The summed E-state index contributed by atoms with van der Waals surface area (Å²) in [7, 11) is 0. The van der Waals surface area contributed by atoms with Crippen molar-refractivity contribution >= 4 is 15.9 Å². The van der Waals surface area contributed by atoms with Gasteiger partial charge in [-0.15, -0.1) is 0 Å². The van der Waals surface area contributed by atoms with Crippen molar-refractivity contribution < 1.29 is 18.4 Å². The molecule has 0 saturated heterocycles. The lowest BCUT2D eigenvalue weighted by atomic mass is 10.2. The molecule has 0 heterocycles. The molecule has 16 heavy (non-hydrogen) atoms. The van der Waals surface area contributed by atoms with E-state index in [4.69, 9.17) is 4.84 Å². The van der Waals surface area contributed by atoms with Crippen molar-refractivity contribution in [3.63, 3.8) is 0 Å². The highest BCUT2D eigenvalue weighted by Gasteiger charge is 2.09. The van der Waals surface area contributed by atoms with Gasteiger partial charge in [0.1, 0.15) is 5.75 Å². The first-order valence-electron chi connectivity index (χ1n) is 4.71. The second kappa shape index (κ2) is 6.78. The summed E-state index contributed by atoms with van der Waals surface area (Å²) in [5.74, 6) is 0.144. The molecule has 1 rings (SSSR count). The average molecular weight is 296 g/mol. The van der Waals surface area contributed by atoms with Crippen molar-refractivity contribution in [1.29, 1.82) is 0 Å². The fourth-order valence-corrected chi connectivity index (χ4v) is 1.54. The van der Waals surface area contributed by atoms with Crippen LogP contribution in [-0.2, 0) is 11.4 Å². The second-order valence-corrected chi connectivity index (χ2v) is 3.80. The molecule has 0 fully saturated rings. The van der Waals surface area contributed by atoms with Crippen molar-refractivity contribution in [2.45, 2.75) is 20.1 Å². The lowest BCUT2D eigenvalue weighted by molar-refractivity contribution is -0.0510. The summed E-state index contributed by atoms with van der Waals surface area (Å²) in [5, 5.41) is 0. The van der Waals surface area contributed by atoms with E-state index in [9.17, 15) is 8.78 Å². The lowest BCUT2D eigenvalue weighted by Crippen LogP contribution is -2.15. The molecule has 6 heteroatoms. The second-order valence-electron chi connectivity index (χ2n) is 2.88. The monoisotopic (exact) mass is 295 g/mol. The van der Waals surface area contributed by atoms with E-state index in [1.54, 1.807) is 12.1 Å². The minimum Gasteiger partial charge on any atom is -0.434 e. The van der Waals surface area contributed by atoms with E-state index in [2.05, 4.69) is 26.1 Å². The van der Waals surface area contributed by atoms with Gasteiger partial charge < -0.3 is 9.57 Å². The smallest absolute Gasteiger partial charge is 0.387 e. The summed E-state index contributed by atoms with van der Waals surface area (Å²) in [6.07, 6.45) is 0. The molecule has 0 spiro atoms. The molecule has 0 amide bonds. The Kier molecular flexibility index (Phi) is 5.65. The molecule has 0 saturated carbocycles. The van der Waals surface area contributed by atoms with Gasteiger partial charge in [0.25, 0.3) is 0 Å². The number of hydrogen-bond acceptors (Lipinski definition) is 3. The molecule has 1 aromatic rings. The molecule has 0 radical (unpaired) electrons. The van der Waals surface area contributed by atoms with Crippen molar-refractivity contribution in [2.75, 3.05) is 6.61 Å². The van der Waals surface area contributed by atoms with Crippen LogP contribution in [0.25, 0.3) is 0 Å². The van der Waals surface area contributed by atoms with Crippen LogP contribution < -0.4 is 10.2 Å². The lowest BCUT2D eigenvalue weighted by Gasteiger charge is -2.11. The standard InChI is InChI=1S/C10H12BrF2NO2/c1-2-15-14-6-7-5-8(11)3-4-9(7)16-10(12)13/h3-5,10,14H,2,6H2,1H3. The van der Waals surface area contributed by atoms with Crippen LogP contribution in [0.15, 0.2) is 22.7 Å². The maximum absolute atomic E-state index is 12.1. The zero-order valence-corrected chi connectivity index (χ0v) is 10.3. The van der Waals surface area contributed by atoms with Crippen molar-refractivity contribution in [3.8, 4) is 5.75 Å². The third-order valence-electron chi connectivity index (χ3n) is 1.75. The Morgan fingerprint density at radius 2 is 2.19 bits per heavy atom. The van der Waals surface area contributed by atoms with E-state index in [1.807, 2.05) is 6.92 Å². The number of nitrogens with one attached hydrogen (secondary N) is 1. The molecular formula is C10H12BrF2NO2. The zero-order chi connectivity index (χ0) is 12.0. The Hall–Kier alpha value is -0.720. The highest BCUT2D eigenvalue weighted by atomic mass is 79.9. The van der Waals surface area contributed by atoms with E-state index >= 15 is 0 Å². The minimum atomic E-state index is -2.83. The van der Waals surface area contributed by atoms with Crippen molar-refractivity contribution in [3.05, 3.63) is 28.2 Å². The molecule has 3 nitrogen and oxygen atoms in total. The summed E-state index contributed by atoms with van der Waals surface area (Å²) >= 11 is 3.26. The summed E-state index contributed by atoms with van der Waals surface area (Å²) < 4.78 is 29.4. The molecular weight excluding hydrogens is 284 g/mol. The van der Waals surface area contributed by atoms with Gasteiger partial charge in [-0.05, 0) is 25.1 Å². The van der Waals surface area contributed by atoms with Gasteiger partial charge in [-0.1, -0.05) is 15.9 Å². The van der Waals surface area contributed by atoms with Gasteiger partial charge in [-0.25, -0.2) is 0 Å². The molecule has 0 aromatic heterocycles. The quantitative estimate of drug-likeness (QED) is 0.646. The topological polar surface area (TPSA) is 30.5 Å². The first kappa shape index (κ1) is 13.3. The number of ether oxygens (including phenoxy) is 1. The van der Waals surface area contributed by atoms with E-state index in [1.165, 1.54) is 6.07 Å². The van der Waals surface area contributed by atoms with E-state index in [-0.39, 0.29) is 5.75 Å². The minimum absolute atomic E-state index is 0.144. The first-order valence-corrected chi connectivity index (χ1v) is 5.50. The Morgan fingerprint density at radius 1 is 1.44 bits per heavy atom. The first-order chi connectivity index (χ1) is 7.63. The SMILES string of the molecule is CCONCc1cc(Br)ccc1OC(F)F. The number of hydroxylamine groups is 1. The largest absolute Gasteiger partial charge is 0.434 e. The normalized spacial score (nSPS) is 10.8. The van der Waals surface area contributed by atoms with Crippen LogP contribution in [0.1, 0.15) is 12.5 Å². The predicted molar refractivity (Wildman–Crippen MR) is 59.2 cm³/mol. The van der Waals surface area contributed by atoms with Crippen LogP contribution in [0.2, 0.25) is 0 Å². The van der Waals surface area contributed by atoms with Crippen LogP contribution in [-0.4, -0.2) is 13.2 Å². The number of benzene rings is 1. The summed E-state index contributed by atoms with van der Waals surface area (Å²) in [6.45, 7) is -0.203. The van der Waals surface area contributed by atoms with E-state index in [0.717, 1.165) is 4.47 Å². The van der Waals surface area contributed by atoms with Gasteiger partial charge in [0.2, 0.25) is 0 Å². The molecule has 0 aliphatic carbocycles.